The Hall–Kier alpha value is -2.82. The van der Waals surface area contributed by atoms with Gasteiger partial charge in [0.25, 0.3) is 5.91 Å². The maximum Gasteiger partial charge on any atom is 0.257 e. The van der Waals surface area contributed by atoms with Gasteiger partial charge in [-0.25, -0.2) is 4.98 Å². The molecule has 0 radical (unpaired) electrons. The summed E-state index contributed by atoms with van der Waals surface area (Å²) in [6, 6.07) is 16.0. The number of hydrogen-bond acceptors (Lipinski definition) is 3. The average Bonchev–Trinajstić information content (AvgIpc) is 3.04. The lowest BCUT2D eigenvalue weighted by atomic mass is 10.1. The molecule has 0 aliphatic heterocycles. The number of nitrogens with one attached hydrogen (secondary N) is 1. The molecule has 0 saturated carbocycles. The van der Waals surface area contributed by atoms with Gasteiger partial charge in [0.1, 0.15) is 5.75 Å². The summed E-state index contributed by atoms with van der Waals surface area (Å²) in [6.45, 7) is 4.89. The molecule has 0 fully saturated rings. The second-order valence-electron chi connectivity index (χ2n) is 6.27. The number of amides is 1. The van der Waals surface area contributed by atoms with Crippen molar-refractivity contribution in [2.24, 2.45) is 0 Å². The number of fused-ring (bicyclic) bond motifs is 1. The first-order valence-electron chi connectivity index (χ1n) is 8.53. The maximum absolute atomic E-state index is 11.8. The third-order valence-corrected chi connectivity index (χ3v) is 4.04. The Kier molecular flexibility index (Phi) is 5.33. The topological polar surface area (TPSA) is 56.2 Å². The Labute approximate surface area is 147 Å². The summed E-state index contributed by atoms with van der Waals surface area (Å²) in [7, 11) is 0. The number of rotatable bonds is 7. The summed E-state index contributed by atoms with van der Waals surface area (Å²) in [4.78, 5) is 16.3. The van der Waals surface area contributed by atoms with E-state index >= 15 is 0 Å². The fourth-order valence-electron chi connectivity index (χ4n) is 2.71. The highest BCUT2D eigenvalue weighted by atomic mass is 16.5. The van der Waals surface area contributed by atoms with Crippen molar-refractivity contribution in [3.8, 4) is 5.75 Å². The first-order valence-corrected chi connectivity index (χ1v) is 8.53. The molecule has 5 nitrogen and oxygen atoms in total. The van der Waals surface area contributed by atoms with Crippen LogP contribution in [-0.2, 0) is 11.2 Å². The molecular formula is C20H23N3O2. The van der Waals surface area contributed by atoms with Gasteiger partial charge in [0.2, 0.25) is 0 Å². The molecular weight excluding hydrogens is 314 g/mol. The second-order valence-corrected chi connectivity index (χ2v) is 6.27. The zero-order valence-electron chi connectivity index (χ0n) is 14.6. The number of imidazole rings is 1. The van der Waals surface area contributed by atoms with Crippen LogP contribution in [-0.4, -0.2) is 28.6 Å². The van der Waals surface area contributed by atoms with Crippen LogP contribution in [0.4, 0.5) is 0 Å². The smallest absolute Gasteiger partial charge is 0.257 e. The molecule has 0 atom stereocenters. The van der Waals surface area contributed by atoms with Crippen LogP contribution in [0.1, 0.15) is 25.5 Å². The van der Waals surface area contributed by atoms with Gasteiger partial charge in [-0.3, -0.25) is 4.79 Å². The van der Waals surface area contributed by atoms with Gasteiger partial charge in [-0.15, -0.1) is 0 Å². The third kappa shape index (κ3) is 4.38. The van der Waals surface area contributed by atoms with E-state index in [1.165, 1.54) is 0 Å². The fourth-order valence-corrected chi connectivity index (χ4v) is 2.71. The Morgan fingerprint density at radius 3 is 2.76 bits per heavy atom. The summed E-state index contributed by atoms with van der Waals surface area (Å²) in [5.74, 6) is 0.581. The van der Waals surface area contributed by atoms with Crippen LogP contribution in [0.5, 0.6) is 5.75 Å². The van der Waals surface area contributed by atoms with E-state index in [4.69, 9.17) is 4.74 Å². The van der Waals surface area contributed by atoms with Crippen LogP contribution in [0.15, 0.2) is 54.9 Å². The molecule has 130 valence electrons. The van der Waals surface area contributed by atoms with Crippen LogP contribution >= 0.6 is 0 Å². The quantitative estimate of drug-likeness (QED) is 0.719. The van der Waals surface area contributed by atoms with Gasteiger partial charge in [-0.05, 0) is 50.1 Å². The van der Waals surface area contributed by atoms with E-state index in [-0.39, 0.29) is 12.5 Å². The molecule has 0 aliphatic carbocycles. The summed E-state index contributed by atoms with van der Waals surface area (Å²) in [5, 5.41) is 2.88. The summed E-state index contributed by atoms with van der Waals surface area (Å²) in [6.07, 6.45) is 2.64. The van der Waals surface area contributed by atoms with Crippen LogP contribution in [0.3, 0.4) is 0 Å². The van der Waals surface area contributed by atoms with E-state index < -0.39 is 0 Å². The van der Waals surface area contributed by atoms with E-state index in [1.807, 2.05) is 36.7 Å². The maximum atomic E-state index is 11.8. The number of aromatic nitrogens is 2. The Morgan fingerprint density at radius 2 is 2.00 bits per heavy atom. The minimum Gasteiger partial charge on any atom is -0.484 e. The standard InChI is InChI=1S/C20H23N3O2/c1-15(2)23-14-22-18-12-16(8-9-19(18)23)10-11-21-20(24)13-25-17-6-4-3-5-7-17/h3-9,12,14-15H,10-11,13H2,1-2H3,(H,21,24). The van der Waals surface area contributed by atoms with Gasteiger partial charge in [-0.1, -0.05) is 24.3 Å². The van der Waals surface area contributed by atoms with Crippen molar-refractivity contribution in [3.05, 3.63) is 60.4 Å². The zero-order valence-corrected chi connectivity index (χ0v) is 14.6. The van der Waals surface area contributed by atoms with E-state index in [2.05, 4.69) is 46.9 Å². The number of ether oxygens (including phenoxy) is 1. The number of carbonyl (C=O) groups excluding carboxylic acids is 1. The Balaban J connectivity index is 1.48. The Morgan fingerprint density at radius 1 is 1.20 bits per heavy atom. The predicted octanol–water partition coefficient (Wildman–Crippen LogP) is 3.35. The van der Waals surface area contributed by atoms with Gasteiger partial charge in [0.05, 0.1) is 17.4 Å². The van der Waals surface area contributed by atoms with E-state index in [0.717, 1.165) is 23.0 Å². The molecule has 3 rings (SSSR count). The van der Waals surface area contributed by atoms with Gasteiger partial charge in [0.15, 0.2) is 6.61 Å². The number of carbonyl (C=O) groups is 1. The largest absolute Gasteiger partial charge is 0.484 e. The highest BCUT2D eigenvalue weighted by Gasteiger charge is 2.07. The predicted molar refractivity (Wildman–Crippen MR) is 98.8 cm³/mol. The number of benzene rings is 2. The molecule has 1 aromatic heterocycles. The highest BCUT2D eigenvalue weighted by Crippen LogP contribution is 2.18. The van der Waals surface area contributed by atoms with Crippen LogP contribution in [0.2, 0.25) is 0 Å². The first-order chi connectivity index (χ1) is 12.1. The monoisotopic (exact) mass is 337 g/mol. The molecule has 1 amide bonds. The van der Waals surface area contributed by atoms with E-state index in [0.29, 0.717) is 18.3 Å². The normalized spacial score (nSPS) is 11.0. The number of nitrogens with zero attached hydrogens (tertiary/aromatic N) is 2. The van der Waals surface area contributed by atoms with E-state index in [9.17, 15) is 4.79 Å². The van der Waals surface area contributed by atoms with Crippen LogP contribution in [0, 0.1) is 0 Å². The molecule has 0 spiro atoms. The van der Waals surface area contributed by atoms with Gasteiger partial charge in [0, 0.05) is 12.6 Å². The Bertz CT molecular complexity index is 841. The van der Waals surface area contributed by atoms with Crippen molar-refractivity contribution in [1.29, 1.82) is 0 Å². The number of hydrogen-bond donors (Lipinski definition) is 1. The van der Waals surface area contributed by atoms with Crippen molar-refractivity contribution in [3.63, 3.8) is 0 Å². The minimum atomic E-state index is -0.117. The van der Waals surface area contributed by atoms with Gasteiger partial charge >= 0.3 is 0 Å². The van der Waals surface area contributed by atoms with Gasteiger partial charge in [-0.2, -0.15) is 0 Å². The molecule has 1 heterocycles. The molecule has 1 N–H and O–H groups in total. The SMILES string of the molecule is CC(C)n1cnc2cc(CCNC(=O)COc3ccccc3)ccc21. The third-order valence-electron chi connectivity index (χ3n) is 4.04. The molecule has 5 heteroatoms. The summed E-state index contributed by atoms with van der Waals surface area (Å²) >= 11 is 0. The molecule has 2 aromatic carbocycles. The molecule has 3 aromatic rings. The summed E-state index contributed by atoms with van der Waals surface area (Å²) in [5.41, 5.74) is 3.29. The lowest BCUT2D eigenvalue weighted by Gasteiger charge is -2.09. The second kappa shape index (κ2) is 7.83. The van der Waals surface area contributed by atoms with Crippen LogP contribution in [0.25, 0.3) is 11.0 Å². The van der Waals surface area contributed by atoms with Crippen molar-refractivity contribution in [2.45, 2.75) is 26.3 Å². The molecule has 0 bridgehead atoms. The summed E-state index contributed by atoms with van der Waals surface area (Å²) < 4.78 is 7.58. The average molecular weight is 337 g/mol. The van der Waals surface area contributed by atoms with E-state index in [1.54, 1.807) is 0 Å². The number of para-hydroxylation sites is 1. The highest BCUT2D eigenvalue weighted by molar-refractivity contribution is 5.78. The lowest BCUT2D eigenvalue weighted by Crippen LogP contribution is -2.30. The van der Waals surface area contributed by atoms with Crippen molar-refractivity contribution >= 4 is 16.9 Å². The lowest BCUT2D eigenvalue weighted by molar-refractivity contribution is -0.123. The first kappa shape index (κ1) is 17.0. The molecule has 0 unspecified atom stereocenters. The van der Waals surface area contributed by atoms with Gasteiger partial charge < -0.3 is 14.6 Å². The zero-order chi connectivity index (χ0) is 17.6. The van der Waals surface area contributed by atoms with Crippen molar-refractivity contribution < 1.29 is 9.53 Å². The van der Waals surface area contributed by atoms with Crippen molar-refractivity contribution in [2.75, 3.05) is 13.2 Å². The molecule has 0 aliphatic rings. The van der Waals surface area contributed by atoms with Crippen LogP contribution < -0.4 is 10.1 Å². The van der Waals surface area contributed by atoms with Crippen molar-refractivity contribution in [1.82, 2.24) is 14.9 Å². The molecule has 0 saturated heterocycles. The molecule has 25 heavy (non-hydrogen) atoms. The minimum absolute atomic E-state index is 0.0296. The fraction of sp³-hybridized carbons (Fsp3) is 0.300.